The van der Waals surface area contributed by atoms with Crippen LogP contribution in [-0.2, 0) is 6.18 Å². The number of nitrogens with one attached hydrogen (secondary N) is 1. The van der Waals surface area contributed by atoms with Gasteiger partial charge in [0.25, 0.3) is 0 Å². The number of amides is 1. The van der Waals surface area contributed by atoms with E-state index in [1.807, 2.05) is 0 Å². The average molecular weight is 283 g/mol. The predicted molar refractivity (Wildman–Crippen MR) is 67.6 cm³/mol. The zero-order chi connectivity index (χ0) is 14.9. The Hall–Kier alpha value is -2.31. The topological polar surface area (TPSA) is 46.9 Å². The molecule has 1 amide bonds. The number of para-hydroxylation sites is 1. The molecule has 0 bridgehead atoms. The van der Waals surface area contributed by atoms with Crippen molar-refractivity contribution in [3.63, 3.8) is 0 Å². The molecular weight excluding hydrogens is 271 g/mol. The fraction of sp³-hybridized carbons (Fsp3) is 0.231. The lowest BCUT2D eigenvalue weighted by molar-refractivity contribution is -0.142. The minimum Gasteiger partial charge on any atom is -0.306 e. The molecule has 0 aliphatic carbocycles. The van der Waals surface area contributed by atoms with Gasteiger partial charge in [-0.25, -0.2) is 4.79 Å². The summed E-state index contributed by atoms with van der Waals surface area (Å²) in [5, 5.41) is 6.00. The fourth-order valence-electron chi connectivity index (χ4n) is 1.74. The van der Waals surface area contributed by atoms with Crippen molar-refractivity contribution in [3.05, 3.63) is 47.3 Å². The number of alkyl halides is 3. The number of anilines is 1. The summed E-state index contributed by atoms with van der Waals surface area (Å²) in [5.41, 5.74) is 0.218. The minimum absolute atomic E-state index is 0.122. The highest BCUT2D eigenvalue weighted by Gasteiger charge is 2.37. The Bertz CT molecular complexity index is 647. The first-order valence-electron chi connectivity index (χ1n) is 5.80. The molecule has 2 aromatic rings. The van der Waals surface area contributed by atoms with Crippen molar-refractivity contribution in [2.24, 2.45) is 0 Å². The Morgan fingerprint density at radius 1 is 1.25 bits per heavy atom. The summed E-state index contributed by atoms with van der Waals surface area (Å²) in [6.45, 7) is 3.14. The molecule has 1 aromatic heterocycles. The molecule has 0 spiro atoms. The van der Waals surface area contributed by atoms with Gasteiger partial charge >= 0.3 is 12.2 Å². The summed E-state index contributed by atoms with van der Waals surface area (Å²) in [6.07, 6.45) is -4.63. The maximum absolute atomic E-state index is 12.8. The zero-order valence-electron chi connectivity index (χ0n) is 10.8. The molecule has 0 fully saturated rings. The molecule has 4 nitrogen and oxygen atoms in total. The van der Waals surface area contributed by atoms with Crippen LogP contribution in [0.4, 0.5) is 23.7 Å². The third-order valence-electron chi connectivity index (χ3n) is 2.70. The summed E-state index contributed by atoms with van der Waals surface area (Å²) < 4.78 is 38.7. The number of benzene rings is 1. The van der Waals surface area contributed by atoms with Crippen molar-refractivity contribution >= 4 is 11.7 Å². The number of aromatic nitrogens is 2. The van der Waals surface area contributed by atoms with Crippen LogP contribution in [0.15, 0.2) is 30.3 Å². The number of hydrogen-bond acceptors (Lipinski definition) is 2. The minimum atomic E-state index is -4.63. The maximum atomic E-state index is 12.8. The molecular formula is C13H12F3N3O. The lowest BCUT2D eigenvalue weighted by atomic mass is 10.2. The quantitative estimate of drug-likeness (QED) is 0.869. The number of rotatable bonds is 1. The first-order chi connectivity index (χ1) is 9.29. The molecule has 0 aliphatic rings. The summed E-state index contributed by atoms with van der Waals surface area (Å²) in [5.74, 6) is 0. The number of aryl methyl sites for hydroxylation is 2. The van der Waals surface area contributed by atoms with Gasteiger partial charge in [0.05, 0.1) is 5.69 Å². The third-order valence-corrected chi connectivity index (χ3v) is 2.70. The third kappa shape index (κ3) is 2.81. The van der Waals surface area contributed by atoms with Crippen molar-refractivity contribution < 1.29 is 18.0 Å². The van der Waals surface area contributed by atoms with Gasteiger partial charge in [0.2, 0.25) is 0 Å². The molecule has 1 N–H and O–H groups in total. The van der Waals surface area contributed by atoms with Gasteiger partial charge in [-0.3, -0.25) is 0 Å². The summed E-state index contributed by atoms with van der Waals surface area (Å²) in [7, 11) is 0. The molecule has 0 unspecified atom stereocenters. The van der Waals surface area contributed by atoms with Gasteiger partial charge in [-0.1, -0.05) is 18.2 Å². The maximum Gasteiger partial charge on any atom is 0.433 e. The molecule has 1 aromatic carbocycles. The van der Waals surface area contributed by atoms with Crippen LogP contribution in [0.1, 0.15) is 17.0 Å². The van der Waals surface area contributed by atoms with Gasteiger partial charge in [-0.15, -0.1) is 0 Å². The second-order valence-electron chi connectivity index (χ2n) is 4.33. The lowest BCUT2D eigenvalue weighted by Gasteiger charge is -2.11. The van der Waals surface area contributed by atoms with E-state index >= 15 is 0 Å². The molecule has 0 aliphatic heterocycles. The molecule has 0 atom stereocenters. The average Bonchev–Trinajstić information content (AvgIpc) is 2.74. The SMILES string of the molecule is Cc1cc(C(F)(F)F)n(C(=O)Nc2ccccc2C)n1. The predicted octanol–water partition coefficient (Wildman–Crippen LogP) is 3.60. The second kappa shape index (κ2) is 4.99. The highest BCUT2D eigenvalue weighted by Crippen LogP contribution is 2.29. The van der Waals surface area contributed by atoms with Crippen LogP contribution >= 0.6 is 0 Å². The monoisotopic (exact) mass is 283 g/mol. The van der Waals surface area contributed by atoms with Gasteiger partial charge in [0.1, 0.15) is 0 Å². The van der Waals surface area contributed by atoms with Crippen molar-refractivity contribution in [3.8, 4) is 0 Å². The van der Waals surface area contributed by atoms with E-state index in [-0.39, 0.29) is 5.69 Å². The van der Waals surface area contributed by atoms with Crippen molar-refractivity contribution in [2.45, 2.75) is 20.0 Å². The smallest absolute Gasteiger partial charge is 0.306 e. The fourth-order valence-corrected chi connectivity index (χ4v) is 1.74. The molecule has 0 saturated heterocycles. The largest absolute Gasteiger partial charge is 0.433 e. The van der Waals surface area contributed by atoms with Crippen molar-refractivity contribution in [2.75, 3.05) is 5.32 Å². The van der Waals surface area contributed by atoms with E-state index in [0.717, 1.165) is 11.6 Å². The molecule has 20 heavy (non-hydrogen) atoms. The molecule has 0 radical (unpaired) electrons. The van der Waals surface area contributed by atoms with Crippen LogP contribution in [0.3, 0.4) is 0 Å². The number of carbonyl (C=O) groups excluding carboxylic acids is 1. The lowest BCUT2D eigenvalue weighted by Crippen LogP contribution is -2.26. The van der Waals surface area contributed by atoms with E-state index in [0.29, 0.717) is 10.4 Å². The Kier molecular flexibility index (Phi) is 3.52. The van der Waals surface area contributed by atoms with Crippen LogP contribution in [0.25, 0.3) is 0 Å². The van der Waals surface area contributed by atoms with E-state index in [1.165, 1.54) is 6.92 Å². The van der Waals surface area contributed by atoms with Gasteiger partial charge in [0.15, 0.2) is 5.69 Å². The van der Waals surface area contributed by atoms with Crippen LogP contribution < -0.4 is 5.32 Å². The Morgan fingerprint density at radius 2 is 1.90 bits per heavy atom. The molecule has 0 saturated carbocycles. The Morgan fingerprint density at radius 3 is 2.50 bits per heavy atom. The van der Waals surface area contributed by atoms with E-state index in [4.69, 9.17) is 0 Å². The number of hydrogen-bond donors (Lipinski definition) is 1. The highest BCUT2D eigenvalue weighted by atomic mass is 19.4. The first-order valence-corrected chi connectivity index (χ1v) is 5.80. The molecule has 1 heterocycles. The number of halogens is 3. The Balaban J connectivity index is 2.33. The standard InChI is InChI=1S/C13H12F3N3O/c1-8-5-3-4-6-10(8)17-12(20)19-11(13(14,15)16)7-9(2)18-19/h3-7H,1-2H3,(H,17,20). The first kappa shape index (κ1) is 14.1. The molecule has 106 valence electrons. The van der Waals surface area contributed by atoms with E-state index in [9.17, 15) is 18.0 Å². The number of nitrogens with zero attached hydrogens (tertiary/aromatic N) is 2. The van der Waals surface area contributed by atoms with E-state index in [1.54, 1.807) is 31.2 Å². The van der Waals surface area contributed by atoms with Gasteiger partial charge < -0.3 is 5.32 Å². The summed E-state index contributed by atoms with van der Waals surface area (Å²) >= 11 is 0. The van der Waals surface area contributed by atoms with Crippen LogP contribution in [0.5, 0.6) is 0 Å². The van der Waals surface area contributed by atoms with Gasteiger partial charge in [-0.2, -0.15) is 23.0 Å². The van der Waals surface area contributed by atoms with Crippen LogP contribution in [-0.4, -0.2) is 15.8 Å². The molecule has 2 rings (SSSR count). The van der Waals surface area contributed by atoms with E-state index in [2.05, 4.69) is 10.4 Å². The van der Waals surface area contributed by atoms with Crippen LogP contribution in [0.2, 0.25) is 0 Å². The summed E-state index contributed by atoms with van der Waals surface area (Å²) in [4.78, 5) is 11.9. The normalized spacial score (nSPS) is 11.4. The number of carbonyl (C=O) groups is 1. The highest BCUT2D eigenvalue weighted by molar-refractivity contribution is 5.91. The van der Waals surface area contributed by atoms with Gasteiger partial charge in [0, 0.05) is 5.69 Å². The second-order valence-corrected chi connectivity index (χ2v) is 4.33. The van der Waals surface area contributed by atoms with Crippen molar-refractivity contribution in [1.29, 1.82) is 0 Å². The van der Waals surface area contributed by atoms with E-state index < -0.39 is 17.9 Å². The van der Waals surface area contributed by atoms with Crippen molar-refractivity contribution in [1.82, 2.24) is 9.78 Å². The zero-order valence-corrected chi connectivity index (χ0v) is 10.8. The van der Waals surface area contributed by atoms with Gasteiger partial charge in [-0.05, 0) is 31.5 Å². The molecule has 7 heteroatoms. The van der Waals surface area contributed by atoms with Crippen LogP contribution in [0, 0.1) is 13.8 Å². The Labute approximate surface area is 113 Å². The summed E-state index contributed by atoms with van der Waals surface area (Å²) in [6, 6.07) is 6.69.